The molecule has 0 unspecified atom stereocenters. The van der Waals surface area contributed by atoms with Gasteiger partial charge in [0.05, 0.1) is 18.2 Å². The van der Waals surface area contributed by atoms with E-state index in [0.717, 1.165) is 17.7 Å². The summed E-state index contributed by atoms with van der Waals surface area (Å²) >= 11 is 0. The number of nitrogens with zero attached hydrogens (tertiary/aromatic N) is 3. The van der Waals surface area contributed by atoms with Gasteiger partial charge in [-0.15, -0.1) is 0 Å². The highest BCUT2D eigenvalue weighted by atomic mass is 19.1. The van der Waals surface area contributed by atoms with E-state index in [-0.39, 0.29) is 11.7 Å². The molecule has 2 aromatic rings. The molecule has 2 aromatic carbocycles. The van der Waals surface area contributed by atoms with E-state index in [9.17, 15) is 9.18 Å². The van der Waals surface area contributed by atoms with E-state index in [4.69, 9.17) is 5.26 Å². The molecule has 1 saturated heterocycles. The lowest BCUT2D eigenvalue weighted by Gasteiger charge is -2.34. The van der Waals surface area contributed by atoms with Crippen molar-refractivity contribution < 1.29 is 9.18 Å². The Morgan fingerprint density at radius 2 is 1.58 bits per heavy atom. The maximum atomic E-state index is 12.9. The second-order valence-corrected chi connectivity index (χ2v) is 5.96. The predicted molar refractivity (Wildman–Crippen MR) is 88.3 cm³/mol. The molecule has 0 atom stereocenters. The van der Waals surface area contributed by atoms with Gasteiger partial charge in [-0.2, -0.15) is 5.26 Å². The van der Waals surface area contributed by atoms with E-state index in [1.807, 2.05) is 17.0 Å². The van der Waals surface area contributed by atoms with Gasteiger partial charge in [0, 0.05) is 26.2 Å². The molecule has 4 nitrogen and oxygen atoms in total. The molecule has 0 spiro atoms. The van der Waals surface area contributed by atoms with Crippen molar-refractivity contribution in [3.05, 3.63) is 71.0 Å². The summed E-state index contributed by atoms with van der Waals surface area (Å²) in [4.78, 5) is 16.2. The molecule has 0 aromatic heterocycles. The Morgan fingerprint density at radius 3 is 2.21 bits per heavy atom. The summed E-state index contributed by atoms with van der Waals surface area (Å²) in [5.74, 6) is -0.184. The fourth-order valence-corrected chi connectivity index (χ4v) is 2.81. The van der Waals surface area contributed by atoms with Crippen LogP contribution in [-0.2, 0) is 17.9 Å². The van der Waals surface area contributed by atoms with E-state index in [2.05, 4.69) is 11.0 Å². The second kappa shape index (κ2) is 7.24. The van der Waals surface area contributed by atoms with Crippen LogP contribution in [0.15, 0.2) is 48.5 Å². The highest BCUT2D eigenvalue weighted by molar-refractivity contribution is 5.79. The first-order valence-corrected chi connectivity index (χ1v) is 7.87. The van der Waals surface area contributed by atoms with Gasteiger partial charge in [0.25, 0.3) is 0 Å². The zero-order valence-corrected chi connectivity index (χ0v) is 13.3. The number of rotatable bonds is 4. The number of hydrogen-bond acceptors (Lipinski definition) is 3. The molecule has 1 fully saturated rings. The van der Waals surface area contributed by atoms with Crippen molar-refractivity contribution in [3.63, 3.8) is 0 Å². The van der Waals surface area contributed by atoms with Crippen molar-refractivity contribution in [2.24, 2.45) is 0 Å². The zero-order chi connectivity index (χ0) is 16.9. The number of carbonyl (C=O) groups is 1. The van der Waals surface area contributed by atoms with Gasteiger partial charge in [0.1, 0.15) is 5.82 Å². The summed E-state index contributed by atoms with van der Waals surface area (Å²) in [5.41, 5.74) is 2.66. The monoisotopic (exact) mass is 323 g/mol. The molecule has 1 heterocycles. The summed E-state index contributed by atoms with van der Waals surface area (Å²) in [5, 5.41) is 8.82. The number of nitriles is 1. The lowest BCUT2D eigenvalue weighted by Crippen LogP contribution is -2.49. The topological polar surface area (TPSA) is 47.3 Å². The van der Waals surface area contributed by atoms with Crippen LogP contribution in [0.25, 0.3) is 0 Å². The quantitative estimate of drug-likeness (QED) is 0.869. The fraction of sp³-hybridized carbons (Fsp3) is 0.263. The van der Waals surface area contributed by atoms with Crippen molar-refractivity contribution in [2.75, 3.05) is 19.6 Å². The largest absolute Gasteiger partial charge is 0.336 e. The van der Waals surface area contributed by atoms with E-state index in [0.29, 0.717) is 31.7 Å². The molecule has 24 heavy (non-hydrogen) atoms. The van der Waals surface area contributed by atoms with Gasteiger partial charge in [-0.05, 0) is 35.4 Å². The minimum Gasteiger partial charge on any atom is -0.336 e. The minimum absolute atomic E-state index is 0.0826. The molecule has 0 bridgehead atoms. The van der Waals surface area contributed by atoms with Crippen molar-refractivity contribution in [1.29, 1.82) is 5.26 Å². The molecule has 0 saturated carbocycles. The Kier molecular flexibility index (Phi) is 4.88. The maximum Gasteiger partial charge on any atom is 0.237 e. The molecule has 1 aliphatic rings. The first kappa shape index (κ1) is 16.2. The van der Waals surface area contributed by atoms with E-state index >= 15 is 0 Å². The Hall–Kier alpha value is -2.71. The molecule has 0 radical (unpaired) electrons. The van der Waals surface area contributed by atoms with Crippen LogP contribution in [0.3, 0.4) is 0 Å². The van der Waals surface area contributed by atoms with E-state index in [1.165, 1.54) is 12.1 Å². The van der Waals surface area contributed by atoms with Crippen molar-refractivity contribution in [3.8, 4) is 6.07 Å². The first-order valence-electron chi connectivity index (χ1n) is 7.87. The summed E-state index contributed by atoms with van der Waals surface area (Å²) < 4.78 is 12.9. The smallest absolute Gasteiger partial charge is 0.237 e. The third-order valence-electron chi connectivity index (χ3n) is 4.17. The lowest BCUT2D eigenvalue weighted by molar-refractivity contribution is -0.136. The molecule has 0 N–H and O–H groups in total. The van der Waals surface area contributed by atoms with Crippen molar-refractivity contribution in [1.82, 2.24) is 9.80 Å². The van der Waals surface area contributed by atoms with Crippen LogP contribution in [0.5, 0.6) is 0 Å². The Morgan fingerprint density at radius 1 is 0.958 bits per heavy atom. The van der Waals surface area contributed by atoms with Crippen LogP contribution in [0, 0.1) is 17.1 Å². The first-order chi connectivity index (χ1) is 11.6. The van der Waals surface area contributed by atoms with Crippen LogP contribution in [0.4, 0.5) is 4.39 Å². The van der Waals surface area contributed by atoms with E-state index < -0.39 is 0 Å². The van der Waals surface area contributed by atoms with Gasteiger partial charge in [0.2, 0.25) is 5.91 Å². The lowest BCUT2D eigenvalue weighted by atomic mass is 10.1. The summed E-state index contributed by atoms with van der Waals surface area (Å²) in [7, 11) is 0. The highest BCUT2D eigenvalue weighted by Crippen LogP contribution is 2.13. The normalized spacial score (nSPS) is 15.3. The van der Waals surface area contributed by atoms with Crippen molar-refractivity contribution >= 4 is 5.91 Å². The Labute approximate surface area is 140 Å². The average Bonchev–Trinajstić information content (AvgIpc) is 2.60. The minimum atomic E-state index is -0.266. The number of amides is 1. The third-order valence-corrected chi connectivity index (χ3v) is 4.17. The SMILES string of the molecule is N#Cc1ccc(CN2CCN(Cc3ccc(F)cc3)C(=O)C2)cc1. The predicted octanol–water partition coefficient (Wildman–Crippen LogP) is 2.54. The van der Waals surface area contributed by atoms with Crippen LogP contribution in [0.1, 0.15) is 16.7 Å². The Bertz CT molecular complexity index is 750. The molecular formula is C19H18FN3O. The van der Waals surface area contributed by atoms with Gasteiger partial charge in [-0.3, -0.25) is 9.69 Å². The zero-order valence-electron chi connectivity index (χ0n) is 13.3. The van der Waals surface area contributed by atoms with Gasteiger partial charge in [0.15, 0.2) is 0 Å². The van der Waals surface area contributed by atoms with Crippen LogP contribution in [0.2, 0.25) is 0 Å². The highest BCUT2D eigenvalue weighted by Gasteiger charge is 2.23. The number of piperazine rings is 1. The molecule has 3 rings (SSSR count). The second-order valence-electron chi connectivity index (χ2n) is 5.96. The van der Waals surface area contributed by atoms with Crippen LogP contribution < -0.4 is 0 Å². The van der Waals surface area contributed by atoms with Gasteiger partial charge in [-0.25, -0.2) is 4.39 Å². The van der Waals surface area contributed by atoms with Crippen LogP contribution in [-0.4, -0.2) is 35.3 Å². The number of halogens is 1. The molecule has 5 heteroatoms. The van der Waals surface area contributed by atoms with Crippen molar-refractivity contribution in [2.45, 2.75) is 13.1 Å². The third kappa shape index (κ3) is 3.98. The van der Waals surface area contributed by atoms with E-state index in [1.54, 1.807) is 24.3 Å². The summed E-state index contributed by atoms with van der Waals surface area (Å²) in [6.07, 6.45) is 0. The number of carbonyl (C=O) groups excluding carboxylic acids is 1. The van der Waals surface area contributed by atoms with Gasteiger partial charge in [-0.1, -0.05) is 24.3 Å². The number of benzene rings is 2. The van der Waals surface area contributed by atoms with Gasteiger partial charge < -0.3 is 4.90 Å². The molecule has 1 aliphatic heterocycles. The average molecular weight is 323 g/mol. The van der Waals surface area contributed by atoms with Crippen LogP contribution >= 0.6 is 0 Å². The molecule has 0 aliphatic carbocycles. The summed E-state index contributed by atoms with van der Waals surface area (Å²) in [6.45, 7) is 3.05. The molecule has 122 valence electrons. The molecular weight excluding hydrogens is 305 g/mol. The Balaban J connectivity index is 1.55. The standard InChI is InChI=1S/C19H18FN3O/c20-18-7-5-17(6-8-18)13-23-10-9-22(14-19(23)24)12-16-3-1-15(11-21)2-4-16/h1-8H,9-10,12-14H2. The molecule has 1 amide bonds. The summed E-state index contributed by atoms with van der Waals surface area (Å²) in [6, 6.07) is 15.8. The maximum absolute atomic E-state index is 12.9. The van der Waals surface area contributed by atoms with Gasteiger partial charge >= 0.3 is 0 Å². The fourth-order valence-electron chi connectivity index (χ4n) is 2.81. The number of hydrogen-bond donors (Lipinski definition) is 0.